The van der Waals surface area contributed by atoms with Crippen LogP contribution in [0.3, 0.4) is 0 Å². The van der Waals surface area contributed by atoms with Crippen LogP contribution in [-0.4, -0.2) is 18.8 Å². The van der Waals surface area contributed by atoms with E-state index < -0.39 is 0 Å². The zero-order valence-electron chi connectivity index (χ0n) is 22.3. The fourth-order valence-electron chi connectivity index (χ4n) is 6.85. The number of imidazole rings is 2. The Hall–Kier alpha value is -5.88. The molecule has 0 amide bonds. The molecule has 0 saturated carbocycles. The molecule has 4 aromatic heterocycles. The molecule has 0 N–H and O–H groups in total. The molecule has 0 aliphatic heterocycles. The first-order valence-corrected chi connectivity index (χ1v) is 13.7. The maximum Gasteiger partial charge on any atom is 0.264 e. The molecule has 42 heavy (non-hydrogen) atoms. The van der Waals surface area contributed by atoms with Crippen molar-refractivity contribution in [1.82, 2.24) is 18.8 Å². The summed E-state index contributed by atoms with van der Waals surface area (Å²) in [5.74, 6) is 0. The van der Waals surface area contributed by atoms with Crippen LogP contribution in [0.5, 0.6) is 0 Å². The Balaban J connectivity index is 1.43. The third-order valence-corrected chi connectivity index (χ3v) is 8.61. The molecule has 9 aromatic rings. The predicted molar refractivity (Wildman–Crippen MR) is 172 cm³/mol. The number of aromatic nitrogens is 4. The Kier molecular flexibility index (Phi) is 4.28. The van der Waals surface area contributed by atoms with Crippen molar-refractivity contribution < 1.29 is 0 Å². The smallest absolute Gasteiger partial charge is 0.264 e. The Morgan fingerprint density at radius 3 is 1.74 bits per heavy atom. The number of fused-ring (bicyclic) bond motifs is 6. The van der Waals surface area contributed by atoms with Crippen LogP contribution in [0.25, 0.3) is 88.7 Å². The van der Waals surface area contributed by atoms with Gasteiger partial charge in [-0.25, -0.2) is 9.97 Å². The van der Waals surface area contributed by atoms with Gasteiger partial charge in [0.15, 0.2) is 0 Å². The second-order valence-electron chi connectivity index (χ2n) is 10.6. The van der Waals surface area contributed by atoms with Crippen molar-refractivity contribution >= 4 is 77.6 Å². The molecule has 0 aliphatic carbocycles. The van der Waals surface area contributed by atoms with E-state index >= 15 is 0 Å². The van der Waals surface area contributed by atoms with Gasteiger partial charge in [0, 0.05) is 32.3 Å². The fraction of sp³-hybridized carbons (Fsp3) is 0. The highest BCUT2D eigenvalue weighted by atomic mass is 16.1. The third kappa shape index (κ3) is 2.64. The highest BCUT2D eigenvalue weighted by Crippen LogP contribution is 2.40. The molecule has 6 nitrogen and oxygen atoms in total. The van der Waals surface area contributed by atoms with Gasteiger partial charge in [-0.2, -0.15) is 0 Å². The quantitative estimate of drug-likeness (QED) is 0.236. The van der Waals surface area contributed by atoms with Crippen LogP contribution in [0.2, 0.25) is 0 Å². The highest BCUT2D eigenvalue weighted by Gasteiger charge is 2.21. The standard InChI is InChI=1S/C36H20N4O2/c1-3-27-29(4-2)39-33(37-27)23-11-7-9-21-19(15-17-25(31(21)23)35(39)41)20-16-18-26-32-22(20)10-8-12-24(32)34-38-28-13-5-6-14-30(28)40(34)36(26)42/h3-18H,1-2H2. The normalized spacial score (nSPS) is 12.2. The lowest BCUT2D eigenvalue weighted by Crippen LogP contribution is -2.15. The highest BCUT2D eigenvalue weighted by molar-refractivity contribution is 6.23. The van der Waals surface area contributed by atoms with Crippen molar-refractivity contribution in [3.05, 3.63) is 130 Å². The summed E-state index contributed by atoms with van der Waals surface area (Å²) in [6.45, 7) is 7.79. The van der Waals surface area contributed by atoms with E-state index in [9.17, 15) is 9.59 Å². The predicted octanol–water partition coefficient (Wildman–Crippen LogP) is 7.30. The molecule has 0 saturated heterocycles. The van der Waals surface area contributed by atoms with Crippen molar-refractivity contribution in [2.24, 2.45) is 0 Å². The molecule has 196 valence electrons. The first kappa shape index (κ1) is 22.9. The first-order valence-electron chi connectivity index (χ1n) is 13.7. The molecule has 5 aromatic carbocycles. The summed E-state index contributed by atoms with van der Waals surface area (Å²) in [4.78, 5) is 37.3. The average Bonchev–Trinajstić information content (AvgIpc) is 3.61. The number of nitrogens with zero attached hydrogens (tertiary/aromatic N) is 4. The van der Waals surface area contributed by atoms with E-state index in [1.165, 1.54) is 0 Å². The second-order valence-corrected chi connectivity index (χ2v) is 10.6. The Morgan fingerprint density at radius 2 is 1.12 bits per heavy atom. The molecule has 6 heteroatoms. The van der Waals surface area contributed by atoms with Crippen LogP contribution in [0.15, 0.2) is 108 Å². The largest absolute Gasteiger partial charge is 0.268 e. The Morgan fingerprint density at radius 1 is 0.548 bits per heavy atom. The molecule has 0 atom stereocenters. The lowest BCUT2D eigenvalue weighted by atomic mass is 9.90. The van der Waals surface area contributed by atoms with E-state index in [2.05, 4.69) is 19.2 Å². The van der Waals surface area contributed by atoms with Crippen LogP contribution in [0.1, 0.15) is 11.4 Å². The summed E-state index contributed by atoms with van der Waals surface area (Å²) < 4.78 is 3.35. The molecule has 0 bridgehead atoms. The van der Waals surface area contributed by atoms with Gasteiger partial charge >= 0.3 is 0 Å². The molecular formula is C36H20N4O2. The average molecular weight is 541 g/mol. The van der Waals surface area contributed by atoms with Crippen molar-refractivity contribution in [2.75, 3.05) is 0 Å². The fourth-order valence-corrected chi connectivity index (χ4v) is 6.85. The lowest BCUT2D eigenvalue weighted by Gasteiger charge is -2.15. The van der Waals surface area contributed by atoms with E-state index in [0.29, 0.717) is 33.5 Å². The van der Waals surface area contributed by atoms with Crippen molar-refractivity contribution in [1.29, 1.82) is 0 Å². The molecule has 0 spiro atoms. The van der Waals surface area contributed by atoms with Crippen LogP contribution >= 0.6 is 0 Å². The van der Waals surface area contributed by atoms with E-state index in [1.807, 2.05) is 78.9 Å². The summed E-state index contributed by atoms with van der Waals surface area (Å²) in [6, 6.07) is 27.7. The maximum absolute atomic E-state index is 13.9. The minimum absolute atomic E-state index is 0.0840. The van der Waals surface area contributed by atoms with Gasteiger partial charge in [-0.3, -0.25) is 18.4 Å². The van der Waals surface area contributed by atoms with E-state index in [0.717, 1.165) is 54.5 Å². The monoisotopic (exact) mass is 540 g/mol. The van der Waals surface area contributed by atoms with Crippen LogP contribution in [-0.2, 0) is 0 Å². The summed E-state index contributed by atoms with van der Waals surface area (Å²) in [6.07, 6.45) is 3.30. The minimum Gasteiger partial charge on any atom is -0.268 e. The summed E-state index contributed by atoms with van der Waals surface area (Å²) in [5.41, 5.74) is 5.82. The summed E-state index contributed by atoms with van der Waals surface area (Å²) in [5, 5.41) is 6.73. The summed E-state index contributed by atoms with van der Waals surface area (Å²) >= 11 is 0. The van der Waals surface area contributed by atoms with Gasteiger partial charge in [0.1, 0.15) is 11.3 Å². The number of para-hydroxylation sites is 2. The molecule has 0 aliphatic rings. The molecule has 0 radical (unpaired) electrons. The van der Waals surface area contributed by atoms with Gasteiger partial charge in [-0.1, -0.05) is 73.8 Å². The Bertz CT molecular complexity index is 2770. The maximum atomic E-state index is 13.9. The van der Waals surface area contributed by atoms with E-state index in [-0.39, 0.29) is 11.1 Å². The molecule has 9 rings (SSSR count). The Labute approximate surface area is 237 Å². The molecule has 0 fully saturated rings. The second kappa shape index (κ2) is 7.86. The van der Waals surface area contributed by atoms with E-state index in [1.54, 1.807) is 21.0 Å². The van der Waals surface area contributed by atoms with Gasteiger partial charge in [-0.05, 0) is 58.3 Å². The van der Waals surface area contributed by atoms with Crippen LogP contribution in [0.4, 0.5) is 0 Å². The number of hydrogen-bond donors (Lipinski definition) is 0. The van der Waals surface area contributed by atoms with Crippen molar-refractivity contribution in [2.45, 2.75) is 0 Å². The van der Waals surface area contributed by atoms with Crippen molar-refractivity contribution in [3.63, 3.8) is 0 Å². The lowest BCUT2D eigenvalue weighted by molar-refractivity contribution is 1.13. The molecule has 0 unspecified atom stereocenters. The summed E-state index contributed by atoms with van der Waals surface area (Å²) in [7, 11) is 0. The first-order chi connectivity index (χ1) is 20.6. The van der Waals surface area contributed by atoms with Gasteiger partial charge in [0.05, 0.1) is 22.4 Å². The number of hydrogen-bond acceptors (Lipinski definition) is 4. The molecular weight excluding hydrogens is 520 g/mol. The number of pyridine rings is 2. The third-order valence-electron chi connectivity index (χ3n) is 8.61. The zero-order valence-corrected chi connectivity index (χ0v) is 22.3. The van der Waals surface area contributed by atoms with Gasteiger partial charge in [0.25, 0.3) is 11.1 Å². The van der Waals surface area contributed by atoms with Crippen LogP contribution < -0.4 is 11.1 Å². The number of benzene rings is 5. The van der Waals surface area contributed by atoms with Crippen LogP contribution in [0, 0.1) is 0 Å². The minimum atomic E-state index is -0.142. The SMILES string of the molecule is C=Cc1nc2c3cccc4c(-c5ccc6c(=O)n7c8ccccc8nc7c7cccc5c67)ccc(c(=O)n2c1C=C)c43. The number of rotatable bonds is 3. The van der Waals surface area contributed by atoms with Gasteiger partial charge in [0.2, 0.25) is 0 Å². The topological polar surface area (TPSA) is 68.7 Å². The zero-order chi connectivity index (χ0) is 28.3. The van der Waals surface area contributed by atoms with Gasteiger partial charge in [-0.15, -0.1) is 0 Å². The molecule has 4 heterocycles. The van der Waals surface area contributed by atoms with E-state index in [4.69, 9.17) is 9.97 Å². The van der Waals surface area contributed by atoms with Crippen molar-refractivity contribution in [3.8, 4) is 11.1 Å². The van der Waals surface area contributed by atoms with Gasteiger partial charge < -0.3 is 0 Å².